The molecule has 0 unspecified atom stereocenters. The van der Waals surface area contributed by atoms with Gasteiger partial charge in [0.25, 0.3) is 0 Å². The molecule has 162 valence electrons. The Morgan fingerprint density at radius 2 is 1.29 bits per heavy atom. The van der Waals surface area contributed by atoms with Gasteiger partial charge in [-0.2, -0.15) is 8.42 Å². The Bertz CT molecular complexity index is 635. The molecule has 0 atom stereocenters. The van der Waals surface area contributed by atoms with E-state index in [1.54, 1.807) is 12.1 Å². The van der Waals surface area contributed by atoms with Crippen molar-refractivity contribution in [2.45, 2.75) is 107 Å². The highest BCUT2D eigenvalue weighted by Crippen LogP contribution is 2.30. The van der Waals surface area contributed by atoms with E-state index in [2.05, 4.69) is 6.92 Å². The summed E-state index contributed by atoms with van der Waals surface area (Å²) in [6.07, 6.45) is 18.3. The first-order valence-corrected chi connectivity index (χ1v) is 13.3. The van der Waals surface area contributed by atoms with Crippen LogP contribution in [-0.2, 0) is 10.2 Å². The van der Waals surface area contributed by atoms with Crippen molar-refractivity contribution >= 4 is 27.7 Å². The van der Waals surface area contributed by atoms with E-state index in [0.717, 1.165) is 18.6 Å². The molecule has 6 heteroatoms. The summed E-state index contributed by atoms with van der Waals surface area (Å²) in [4.78, 5) is 0.147. The molecule has 0 aliphatic heterocycles. The van der Waals surface area contributed by atoms with Crippen LogP contribution in [0.2, 0.25) is 0 Å². The molecule has 3 nitrogen and oxygen atoms in total. The molecule has 0 saturated heterocycles. The first kappa shape index (κ1) is 25.3. The van der Waals surface area contributed by atoms with Crippen LogP contribution < -0.4 is 5.73 Å². The van der Waals surface area contributed by atoms with Gasteiger partial charge < -0.3 is 5.73 Å². The van der Waals surface area contributed by atoms with E-state index in [-0.39, 0.29) is 10.6 Å². The summed E-state index contributed by atoms with van der Waals surface area (Å²) < 4.78 is 35.8. The first-order valence-electron chi connectivity index (χ1n) is 10.9. The van der Waals surface area contributed by atoms with Crippen molar-refractivity contribution in [3.8, 4) is 0 Å². The van der Waals surface area contributed by atoms with Crippen LogP contribution in [0.1, 0.15) is 96.8 Å². The molecule has 2 N–H and O–H groups in total. The normalized spacial score (nSPS) is 11.8. The number of nitrogen functional groups attached to an aromatic ring is 1. The summed E-state index contributed by atoms with van der Waals surface area (Å²) in [6, 6.07) is 4.40. The average molecular weight is 432 g/mol. The summed E-state index contributed by atoms with van der Waals surface area (Å²) in [7, 11) is -4.73. The van der Waals surface area contributed by atoms with Crippen molar-refractivity contribution in [2.75, 3.05) is 11.5 Å². The Morgan fingerprint density at radius 3 is 1.75 bits per heavy atom. The monoisotopic (exact) mass is 431 g/mol. The van der Waals surface area contributed by atoms with Crippen molar-refractivity contribution in [3.05, 3.63) is 18.2 Å². The molecule has 0 radical (unpaired) electrons. The first-order chi connectivity index (χ1) is 13.4. The van der Waals surface area contributed by atoms with Gasteiger partial charge in [-0.15, -0.1) is 15.6 Å². The number of benzene rings is 1. The van der Waals surface area contributed by atoms with Crippen LogP contribution in [-0.4, -0.2) is 14.2 Å². The lowest BCUT2D eigenvalue weighted by Crippen LogP contribution is -1.97. The molecule has 0 aromatic heterocycles. The van der Waals surface area contributed by atoms with Crippen LogP contribution in [0.5, 0.6) is 0 Å². The maximum absolute atomic E-state index is 13.4. The molecule has 0 heterocycles. The number of rotatable bonds is 17. The van der Waals surface area contributed by atoms with Crippen LogP contribution in [0, 0.1) is 0 Å². The molecule has 0 aliphatic carbocycles. The smallest absolute Gasteiger partial charge is 0.333 e. The number of hydrogen-bond acceptors (Lipinski definition) is 4. The van der Waals surface area contributed by atoms with Gasteiger partial charge in [0.1, 0.15) is 4.90 Å². The van der Waals surface area contributed by atoms with E-state index in [1.807, 2.05) is 0 Å². The summed E-state index contributed by atoms with van der Waals surface area (Å²) in [5.41, 5.74) is 5.83. The van der Waals surface area contributed by atoms with Crippen LogP contribution >= 0.6 is 11.8 Å². The fourth-order valence-electron chi connectivity index (χ4n) is 3.31. The van der Waals surface area contributed by atoms with Crippen molar-refractivity contribution in [3.63, 3.8) is 0 Å². The van der Waals surface area contributed by atoms with Crippen LogP contribution in [0.25, 0.3) is 0 Å². The molecule has 0 bridgehead atoms. The van der Waals surface area contributed by atoms with E-state index in [4.69, 9.17) is 5.73 Å². The second-order valence-electron chi connectivity index (χ2n) is 7.59. The number of unbranched alkanes of at least 4 members (excludes halogenated alkanes) is 13. The van der Waals surface area contributed by atoms with Gasteiger partial charge in [0.2, 0.25) is 0 Å². The second-order valence-corrected chi connectivity index (χ2v) is 10.0. The van der Waals surface area contributed by atoms with E-state index >= 15 is 0 Å². The predicted octanol–water partition coefficient (Wildman–Crippen LogP) is 7.50. The largest absolute Gasteiger partial charge is 0.399 e. The average Bonchev–Trinajstić information content (AvgIpc) is 2.65. The summed E-state index contributed by atoms with van der Waals surface area (Å²) in [5, 5.41) is 0. The van der Waals surface area contributed by atoms with Gasteiger partial charge in [-0.3, -0.25) is 0 Å². The number of halogens is 1. The molecule has 0 saturated carbocycles. The zero-order valence-electron chi connectivity index (χ0n) is 17.4. The standard InChI is InChI=1S/C22H38FNO2S2/c1-2-3-4-5-6-7-8-9-10-11-12-13-14-15-18-27-21-17-16-20(24)19-22(21)28(23,25)26/h16-17,19H,2-15,18,24H2,1H3. The Morgan fingerprint density at radius 1 is 0.821 bits per heavy atom. The lowest BCUT2D eigenvalue weighted by molar-refractivity contribution is 0.538. The molecule has 1 aromatic rings. The second kappa shape index (κ2) is 15.1. The quantitative estimate of drug-likeness (QED) is 0.120. The van der Waals surface area contributed by atoms with Crippen LogP contribution in [0.15, 0.2) is 28.0 Å². The molecule has 0 aliphatic rings. The Labute approximate surface area is 176 Å². The maximum atomic E-state index is 13.4. The molecule has 0 fully saturated rings. The maximum Gasteiger partial charge on any atom is 0.333 e. The van der Waals surface area contributed by atoms with Gasteiger partial charge in [0.05, 0.1) is 0 Å². The van der Waals surface area contributed by atoms with Gasteiger partial charge in [-0.05, 0) is 30.4 Å². The highest BCUT2D eigenvalue weighted by molar-refractivity contribution is 8.00. The van der Waals surface area contributed by atoms with Crippen molar-refractivity contribution in [2.24, 2.45) is 0 Å². The van der Waals surface area contributed by atoms with E-state index in [1.165, 1.54) is 94.9 Å². The van der Waals surface area contributed by atoms with E-state index < -0.39 is 10.2 Å². The zero-order chi connectivity index (χ0) is 20.7. The zero-order valence-corrected chi connectivity index (χ0v) is 19.1. The van der Waals surface area contributed by atoms with Gasteiger partial charge >= 0.3 is 10.2 Å². The number of nitrogens with two attached hydrogens (primary N) is 1. The fourth-order valence-corrected chi connectivity index (χ4v) is 5.31. The SMILES string of the molecule is CCCCCCCCCCCCCCCCSc1ccc(N)cc1S(=O)(=O)F. The molecule has 28 heavy (non-hydrogen) atoms. The lowest BCUT2D eigenvalue weighted by Gasteiger charge is -2.07. The van der Waals surface area contributed by atoms with Gasteiger partial charge in [-0.1, -0.05) is 90.4 Å². The van der Waals surface area contributed by atoms with Gasteiger partial charge in [0, 0.05) is 10.6 Å². The van der Waals surface area contributed by atoms with Gasteiger partial charge in [-0.25, -0.2) is 0 Å². The topological polar surface area (TPSA) is 60.2 Å². The molecule has 0 spiro atoms. The van der Waals surface area contributed by atoms with Crippen molar-refractivity contribution in [1.82, 2.24) is 0 Å². The molecule has 1 rings (SSSR count). The molecule has 0 amide bonds. The summed E-state index contributed by atoms with van der Waals surface area (Å²) in [5.74, 6) is 0.796. The lowest BCUT2D eigenvalue weighted by atomic mass is 10.0. The molecular formula is C22H38FNO2S2. The minimum absolute atomic E-state index is 0.261. The van der Waals surface area contributed by atoms with E-state index in [9.17, 15) is 12.3 Å². The van der Waals surface area contributed by atoms with Crippen LogP contribution in [0.3, 0.4) is 0 Å². The Hall–Kier alpha value is -0.750. The Kier molecular flexibility index (Phi) is 13.7. The molecular weight excluding hydrogens is 393 g/mol. The Balaban J connectivity index is 2.00. The third-order valence-electron chi connectivity index (χ3n) is 4.99. The fraction of sp³-hybridized carbons (Fsp3) is 0.727. The predicted molar refractivity (Wildman–Crippen MR) is 120 cm³/mol. The highest BCUT2D eigenvalue weighted by Gasteiger charge is 2.17. The number of anilines is 1. The summed E-state index contributed by atoms with van der Waals surface area (Å²) in [6.45, 7) is 2.26. The van der Waals surface area contributed by atoms with Gasteiger partial charge in [0.15, 0.2) is 0 Å². The number of thioether (sulfide) groups is 1. The highest BCUT2D eigenvalue weighted by atomic mass is 32.3. The van der Waals surface area contributed by atoms with Crippen molar-refractivity contribution < 1.29 is 12.3 Å². The minimum Gasteiger partial charge on any atom is -0.399 e. The number of hydrogen-bond donors (Lipinski definition) is 1. The molecule has 1 aromatic carbocycles. The van der Waals surface area contributed by atoms with E-state index in [0.29, 0.717) is 4.90 Å². The van der Waals surface area contributed by atoms with Crippen LogP contribution in [0.4, 0.5) is 9.57 Å². The van der Waals surface area contributed by atoms with Crippen molar-refractivity contribution in [1.29, 1.82) is 0 Å². The minimum atomic E-state index is -4.73. The third-order valence-corrected chi connectivity index (χ3v) is 7.14. The third kappa shape index (κ3) is 11.9. The summed E-state index contributed by atoms with van der Waals surface area (Å²) >= 11 is 1.39.